The molecule has 0 amide bonds. The van der Waals surface area contributed by atoms with Gasteiger partial charge in [-0.05, 0) is 6.92 Å². The van der Waals surface area contributed by atoms with Gasteiger partial charge in [0.2, 0.25) is 0 Å². The maximum Gasteiger partial charge on any atom is 0.303 e. The summed E-state index contributed by atoms with van der Waals surface area (Å²) in [5.74, 6) is -1.85. The Bertz CT molecular complexity index is 529. The lowest BCUT2D eigenvalue weighted by molar-refractivity contribution is -0.302. The molecule has 5 atom stereocenters. The van der Waals surface area contributed by atoms with Crippen molar-refractivity contribution in [1.29, 1.82) is 0 Å². The van der Waals surface area contributed by atoms with Crippen molar-refractivity contribution in [3.63, 3.8) is 0 Å². The van der Waals surface area contributed by atoms with Gasteiger partial charge in [-0.25, -0.2) is 0 Å². The van der Waals surface area contributed by atoms with Crippen LogP contribution in [-0.4, -0.2) is 88.2 Å². The number of hydrogen-bond donors (Lipinski definition) is 1. The van der Waals surface area contributed by atoms with Crippen molar-refractivity contribution < 1.29 is 47.5 Å². The summed E-state index contributed by atoms with van der Waals surface area (Å²) in [5.41, 5.74) is 5.32. The van der Waals surface area contributed by atoms with Gasteiger partial charge in [-0.15, -0.1) is 0 Å². The van der Waals surface area contributed by atoms with Gasteiger partial charge in [0.15, 0.2) is 24.6 Å². The normalized spacial score (nSPS) is 26.6. The van der Waals surface area contributed by atoms with Crippen LogP contribution < -0.4 is 5.73 Å². The Labute approximate surface area is 170 Å². The zero-order chi connectivity index (χ0) is 21.8. The number of nitrogens with two attached hydrogens (primary N) is 1. The minimum absolute atomic E-state index is 0.122. The van der Waals surface area contributed by atoms with Crippen LogP contribution in [0.3, 0.4) is 0 Å². The Morgan fingerprint density at radius 2 is 1.24 bits per heavy atom. The molecule has 1 aliphatic heterocycles. The Morgan fingerprint density at radius 3 is 1.79 bits per heavy atom. The minimum atomic E-state index is -1.12. The number of carbonyl (C=O) groups is 3. The van der Waals surface area contributed by atoms with Gasteiger partial charge in [-0.3, -0.25) is 14.4 Å². The first-order valence-corrected chi connectivity index (χ1v) is 9.40. The molecule has 11 heteroatoms. The SMILES string of the molecule is CC(=O)OC1C(OC(C)=O)[C@H](C)OC(OCCOCCOCCN)[C@H]1OC(C)=O. The first-order chi connectivity index (χ1) is 13.8. The van der Waals surface area contributed by atoms with Crippen molar-refractivity contribution in [3.8, 4) is 0 Å². The summed E-state index contributed by atoms with van der Waals surface area (Å²) in [7, 11) is 0. The quantitative estimate of drug-likeness (QED) is 0.248. The van der Waals surface area contributed by atoms with Crippen LogP contribution in [0.4, 0.5) is 0 Å². The topological polar surface area (TPSA) is 142 Å². The average Bonchev–Trinajstić information content (AvgIpc) is 2.62. The van der Waals surface area contributed by atoms with Gasteiger partial charge in [-0.1, -0.05) is 0 Å². The third-order valence-corrected chi connectivity index (χ3v) is 3.78. The van der Waals surface area contributed by atoms with Crippen LogP contribution in [0, 0.1) is 0 Å². The fraction of sp³-hybridized carbons (Fsp3) is 0.833. The highest BCUT2D eigenvalue weighted by Gasteiger charge is 2.50. The zero-order valence-corrected chi connectivity index (χ0v) is 17.3. The van der Waals surface area contributed by atoms with Crippen LogP contribution in [0.2, 0.25) is 0 Å². The van der Waals surface area contributed by atoms with Crippen LogP contribution >= 0.6 is 0 Å². The fourth-order valence-electron chi connectivity index (χ4n) is 2.73. The molecular formula is C18H31NO10. The van der Waals surface area contributed by atoms with Gasteiger partial charge in [0.25, 0.3) is 0 Å². The Hall–Kier alpha value is -1.79. The number of hydrogen-bond acceptors (Lipinski definition) is 11. The van der Waals surface area contributed by atoms with Crippen molar-refractivity contribution >= 4 is 17.9 Å². The summed E-state index contributed by atoms with van der Waals surface area (Å²) in [6.45, 7) is 7.28. The van der Waals surface area contributed by atoms with Gasteiger partial charge in [-0.2, -0.15) is 0 Å². The maximum atomic E-state index is 11.6. The molecule has 29 heavy (non-hydrogen) atoms. The third-order valence-electron chi connectivity index (χ3n) is 3.78. The van der Waals surface area contributed by atoms with E-state index in [0.29, 0.717) is 26.4 Å². The molecule has 0 aromatic rings. The van der Waals surface area contributed by atoms with Crippen LogP contribution in [0.5, 0.6) is 0 Å². The minimum Gasteiger partial charge on any atom is -0.456 e. The molecule has 0 aromatic carbocycles. The standard InChI is InChI=1S/C18H31NO10/c1-11-15(27-12(2)20)16(28-13(3)21)17(29-14(4)22)18(26-11)25-10-9-24-8-7-23-6-5-19/h11,15-18H,5-10,19H2,1-4H3/t11-,15?,16?,17-,18?/m0/s1. The molecule has 1 aliphatic rings. The molecule has 0 radical (unpaired) electrons. The van der Waals surface area contributed by atoms with Gasteiger partial charge in [0.05, 0.1) is 39.1 Å². The Morgan fingerprint density at radius 1 is 0.759 bits per heavy atom. The van der Waals surface area contributed by atoms with Crippen LogP contribution in [0.15, 0.2) is 0 Å². The molecule has 1 saturated heterocycles. The molecule has 168 valence electrons. The molecule has 1 heterocycles. The molecule has 0 aromatic heterocycles. The molecule has 0 saturated carbocycles. The average molecular weight is 421 g/mol. The predicted octanol–water partition coefficient (Wildman–Crippen LogP) is -0.465. The first-order valence-electron chi connectivity index (χ1n) is 9.40. The van der Waals surface area contributed by atoms with Gasteiger partial charge in [0.1, 0.15) is 0 Å². The number of ether oxygens (including phenoxy) is 7. The first kappa shape index (κ1) is 25.2. The Balaban J connectivity index is 2.72. The van der Waals surface area contributed by atoms with Crippen molar-refractivity contribution in [3.05, 3.63) is 0 Å². The molecular weight excluding hydrogens is 390 g/mol. The van der Waals surface area contributed by atoms with Crippen molar-refractivity contribution in [1.82, 2.24) is 0 Å². The van der Waals surface area contributed by atoms with E-state index in [1.165, 1.54) is 20.8 Å². The number of carbonyl (C=O) groups excluding carboxylic acids is 3. The molecule has 0 aliphatic carbocycles. The lowest BCUT2D eigenvalue weighted by Crippen LogP contribution is -2.61. The van der Waals surface area contributed by atoms with E-state index in [2.05, 4.69) is 0 Å². The predicted molar refractivity (Wildman–Crippen MR) is 97.6 cm³/mol. The summed E-state index contributed by atoms with van der Waals surface area (Å²) in [5, 5.41) is 0. The van der Waals surface area contributed by atoms with E-state index < -0.39 is 48.6 Å². The van der Waals surface area contributed by atoms with Crippen LogP contribution in [0.1, 0.15) is 27.7 Å². The van der Waals surface area contributed by atoms with E-state index in [1.54, 1.807) is 6.92 Å². The lowest BCUT2D eigenvalue weighted by atomic mass is 9.99. The molecule has 11 nitrogen and oxygen atoms in total. The smallest absolute Gasteiger partial charge is 0.303 e. The van der Waals surface area contributed by atoms with Crippen molar-refractivity contribution in [2.24, 2.45) is 5.73 Å². The largest absolute Gasteiger partial charge is 0.456 e. The molecule has 0 spiro atoms. The number of esters is 3. The highest BCUT2D eigenvalue weighted by Crippen LogP contribution is 2.29. The summed E-state index contributed by atoms with van der Waals surface area (Å²) in [6, 6.07) is 0. The molecule has 2 N–H and O–H groups in total. The van der Waals surface area contributed by atoms with Crippen molar-refractivity contribution in [2.75, 3.05) is 39.6 Å². The second kappa shape index (κ2) is 13.4. The summed E-state index contributed by atoms with van der Waals surface area (Å²) in [6.07, 6.45) is -4.88. The molecule has 1 fully saturated rings. The summed E-state index contributed by atoms with van der Waals surface area (Å²) < 4.78 is 37.7. The second-order valence-corrected chi connectivity index (χ2v) is 6.32. The maximum absolute atomic E-state index is 11.6. The highest BCUT2D eigenvalue weighted by molar-refractivity contribution is 5.68. The molecule has 1 rings (SSSR count). The van der Waals surface area contributed by atoms with Gasteiger partial charge >= 0.3 is 17.9 Å². The lowest BCUT2D eigenvalue weighted by Gasteiger charge is -2.43. The second-order valence-electron chi connectivity index (χ2n) is 6.32. The van der Waals surface area contributed by atoms with E-state index in [-0.39, 0.29) is 13.2 Å². The highest BCUT2D eigenvalue weighted by atomic mass is 16.7. The number of rotatable bonds is 12. The van der Waals surface area contributed by atoms with E-state index in [0.717, 1.165) is 0 Å². The van der Waals surface area contributed by atoms with Gasteiger partial charge in [0, 0.05) is 27.3 Å². The summed E-state index contributed by atoms with van der Waals surface area (Å²) >= 11 is 0. The van der Waals surface area contributed by atoms with Crippen LogP contribution in [0.25, 0.3) is 0 Å². The molecule has 3 unspecified atom stereocenters. The monoisotopic (exact) mass is 421 g/mol. The summed E-state index contributed by atoms with van der Waals surface area (Å²) in [4.78, 5) is 34.6. The van der Waals surface area contributed by atoms with E-state index >= 15 is 0 Å². The van der Waals surface area contributed by atoms with E-state index in [9.17, 15) is 14.4 Å². The fourth-order valence-corrected chi connectivity index (χ4v) is 2.73. The third kappa shape index (κ3) is 9.50. The van der Waals surface area contributed by atoms with E-state index in [4.69, 9.17) is 38.9 Å². The van der Waals surface area contributed by atoms with E-state index in [1.807, 2.05) is 0 Å². The molecule has 0 bridgehead atoms. The zero-order valence-electron chi connectivity index (χ0n) is 17.3. The van der Waals surface area contributed by atoms with Crippen molar-refractivity contribution in [2.45, 2.75) is 58.4 Å². The van der Waals surface area contributed by atoms with Crippen LogP contribution in [-0.2, 0) is 47.5 Å². The Kier molecular flexibility index (Phi) is 11.7. The van der Waals surface area contributed by atoms with Gasteiger partial charge < -0.3 is 38.9 Å².